The van der Waals surface area contributed by atoms with Gasteiger partial charge in [-0.25, -0.2) is 0 Å². The molecule has 1 atom stereocenters. The fraction of sp³-hybridized carbons (Fsp3) is 0.381. The molecule has 0 bridgehead atoms. The highest BCUT2D eigenvalue weighted by molar-refractivity contribution is 5.98. The Morgan fingerprint density at radius 3 is 2.70 bits per heavy atom. The zero-order valence-electron chi connectivity index (χ0n) is 15.6. The number of para-hydroxylation sites is 1. The van der Waals surface area contributed by atoms with Gasteiger partial charge < -0.3 is 25.2 Å². The van der Waals surface area contributed by atoms with E-state index in [0.717, 1.165) is 5.56 Å². The van der Waals surface area contributed by atoms with Crippen molar-refractivity contribution in [1.29, 1.82) is 0 Å². The molecule has 2 aromatic carbocycles. The van der Waals surface area contributed by atoms with Crippen LogP contribution in [-0.2, 0) is 5.60 Å². The molecule has 0 aliphatic carbocycles. The van der Waals surface area contributed by atoms with Crippen LogP contribution in [0.5, 0.6) is 11.5 Å². The molecule has 0 radical (unpaired) electrons. The number of nitrogens with two attached hydrogens (primary N) is 1. The summed E-state index contributed by atoms with van der Waals surface area (Å²) in [7, 11) is 1.55. The topological polar surface area (TPSA) is 85.0 Å². The fourth-order valence-electron chi connectivity index (χ4n) is 3.37. The second-order valence-electron chi connectivity index (χ2n) is 6.70. The summed E-state index contributed by atoms with van der Waals surface area (Å²) in [5, 5.41) is 11.0. The highest BCUT2D eigenvalue weighted by Gasteiger charge is 2.40. The first-order valence-electron chi connectivity index (χ1n) is 9.16. The Labute approximate surface area is 159 Å². The molecule has 3 rings (SSSR count). The Kier molecular flexibility index (Phi) is 5.98. The summed E-state index contributed by atoms with van der Waals surface area (Å²) in [6, 6.07) is 14.7. The summed E-state index contributed by atoms with van der Waals surface area (Å²) in [6.07, 6.45) is 1.18. The predicted octanol–water partition coefficient (Wildman–Crippen LogP) is 2.16. The molecule has 2 aromatic rings. The molecule has 6 nitrogen and oxygen atoms in total. The van der Waals surface area contributed by atoms with E-state index >= 15 is 0 Å². The zero-order valence-corrected chi connectivity index (χ0v) is 15.6. The number of aliphatic hydroxyl groups is 1. The molecule has 27 heavy (non-hydrogen) atoms. The quantitative estimate of drug-likeness (QED) is 0.730. The van der Waals surface area contributed by atoms with Crippen molar-refractivity contribution in [1.82, 2.24) is 4.90 Å². The van der Waals surface area contributed by atoms with Gasteiger partial charge in [0.25, 0.3) is 5.91 Å². The largest absolute Gasteiger partial charge is 0.493 e. The number of carbonyl (C=O) groups is 1. The van der Waals surface area contributed by atoms with Crippen molar-refractivity contribution in [2.45, 2.75) is 18.4 Å². The minimum absolute atomic E-state index is 0.177. The number of carbonyl (C=O) groups excluding carboxylic acids is 1. The van der Waals surface area contributed by atoms with Crippen molar-refractivity contribution in [3.8, 4) is 11.5 Å². The molecule has 1 aliphatic heterocycles. The Morgan fingerprint density at radius 1 is 1.22 bits per heavy atom. The summed E-state index contributed by atoms with van der Waals surface area (Å²) >= 11 is 0. The Hall–Kier alpha value is -2.57. The number of hydrogen-bond donors (Lipinski definition) is 2. The van der Waals surface area contributed by atoms with Gasteiger partial charge in [-0.15, -0.1) is 0 Å². The lowest BCUT2D eigenvalue weighted by Crippen LogP contribution is -2.34. The number of rotatable bonds is 7. The van der Waals surface area contributed by atoms with Gasteiger partial charge in [-0.3, -0.25) is 4.79 Å². The summed E-state index contributed by atoms with van der Waals surface area (Å²) < 4.78 is 11.2. The second-order valence-corrected chi connectivity index (χ2v) is 6.70. The van der Waals surface area contributed by atoms with Gasteiger partial charge in [-0.05, 0) is 37.1 Å². The van der Waals surface area contributed by atoms with Gasteiger partial charge in [-0.1, -0.05) is 36.4 Å². The minimum atomic E-state index is -1.03. The van der Waals surface area contributed by atoms with E-state index < -0.39 is 5.60 Å². The van der Waals surface area contributed by atoms with Gasteiger partial charge >= 0.3 is 0 Å². The molecule has 1 heterocycles. The number of hydrogen-bond acceptors (Lipinski definition) is 5. The molecular formula is C21H26N2O4. The lowest BCUT2D eigenvalue weighted by atomic mass is 9.93. The average Bonchev–Trinajstić information content (AvgIpc) is 3.12. The number of amides is 1. The van der Waals surface area contributed by atoms with Gasteiger partial charge in [0.2, 0.25) is 0 Å². The van der Waals surface area contributed by atoms with Crippen LogP contribution in [0, 0.1) is 0 Å². The third-order valence-corrected chi connectivity index (χ3v) is 4.87. The number of benzene rings is 2. The van der Waals surface area contributed by atoms with Gasteiger partial charge in [0.1, 0.15) is 5.60 Å². The highest BCUT2D eigenvalue weighted by Crippen LogP contribution is 2.36. The van der Waals surface area contributed by atoms with Crippen LogP contribution >= 0.6 is 0 Å². The van der Waals surface area contributed by atoms with E-state index in [4.69, 9.17) is 15.2 Å². The molecular weight excluding hydrogens is 344 g/mol. The van der Waals surface area contributed by atoms with E-state index in [1.165, 1.54) is 0 Å². The molecule has 1 saturated heterocycles. The summed E-state index contributed by atoms with van der Waals surface area (Å²) in [4.78, 5) is 14.8. The first-order chi connectivity index (χ1) is 13.1. The molecule has 1 amide bonds. The molecule has 0 aromatic heterocycles. The normalized spacial score (nSPS) is 19.1. The molecule has 1 fully saturated rings. The average molecular weight is 370 g/mol. The molecule has 0 unspecified atom stereocenters. The molecule has 1 aliphatic rings. The SMILES string of the molecule is COc1cccc(C(=O)N2CC[C@@](O)(c3ccccc3)C2)c1OCCCN. The van der Waals surface area contributed by atoms with Crippen LogP contribution in [0.4, 0.5) is 0 Å². The lowest BCUT2D eigenvalue weighted by Gasteiger charge is -2.24. The van der Waals surface area contributed by atoms with Crippen LogP contribution < -0.4 is 15.2 Å². The van der Waals surface area contributed by atoms with Crippen molar-refractivity contribution >= 4 is 5.91 Å². The number of methoxy groups -OCH3 is 1. The van der Waals surface area contributed by atoms with Gasteiger partial charge in [0.05, 0.1) is 25.8 Å². The van der Waals surface area contributed by atoms with E-state index in [2.05, 4.69) is 0 Å². The summed E-state index contributed by atoms with van der Waals surface area (Å²) in [5.41, 5.74) is 5.76. The van der Waals surface area contributed by atoms with Crippen molar-refractivity contribution in [3.63, 3.8) is 0 Å². The molecule has 144 valence electrons. The van der Waals surface area contributed by atoms with Crippen molar-refractivity contribution in [2.75, 3.05) is 33.4 Å². The first-order valence-corrected chi connectivity index (χ1v) is 9.16. The number of likely N-dealkylation sites (tertiary alicyclic amines) is 1. The lowest BCUT2D eigenvalue weighted by molar-refractivity contribution is 0.0416. The van der Waals surface area contributed by atoms with E-state index in [1.54, 1.807) is 30.2 Å². The van der Waals surface area contributed by atoms with Crippen molar-refractivity contribution in [3.05, 3.63) is 59.7 Å². The van der Waals surface area contributed by atoms with E-state index in [1.807, 2.05) is 30.3 Å². The monoisotopic (exact) mass is 370 g/mol. The van der Waals surface area contributed by atoms with E-state index in [0.29, 0.717) is 49.6 Å². The fourth-order valence-corrected chi connectivity index (χ4v) is 3.37. The molecule has 0 saturated carbocycles. The maximum Gasteiger partial charge on any atom is 0.257 e. The van der Waals surface area contributed by atoms with E-state index in [9.17, 15) is 9.90 Å². The zero-order chi connectivity index (χ0) is 19.3. The van der Waals surface area contributed by atoms with Crippen LogP contribution in [0.1, 0.15) is 28.8 Å². The van der Waals surface area contributed by atoms with Crippen molar-refractivity contribution in [2.24, 2.45) is 5.73 Å². The van der Waals surface area contributed by atoms with Crippen LogP contribution in [0.3, 0.4) is 0 Å². The maximum atomic E-state index is 13.1. The standard InChI is InChI=1S/C21H26N2O4/c1-26-18-10-5-9-17(19(18)27-14-6-12-22)20(24)23-13-11-21(25,15-23)16-7-3-2-4-8-16/h2-5,7-10,25H,6,11-15,22H2,1H3/t21-/m0/s1. The first kappa shape index (κ1) is 19.2. The van der Waals surface area contributed by atoms with Crippen LogP contribution in [-0.4, -0.2) is 49.3 Å². The Morgan fingerprint density at radius 2 is 2.00 bits per heavy atom. The Bertz CT molecular complexity index is 781. The molecule has 3 N–H and O–H groups in total. The van der Waals surface area contributed by atoms with Crippen molar-refractivity contribution < 1.29 is 19.4 Å². The third-order valence-electron chi connectivity index (χ3n) is 4.87. The second kappa shape index (κ2) is 8.41. The summed E-state index contributed by atoms with van der Waals surface area (Å²) in [5.74, 6) is 0.757. The summed E-state index contributed by atoms with van der Waals surface area (Å²) in [6.45, 7) is 1.64. The minimum Gasteiger partial charge on any atom is -0.493 e. The van der Waals surface area contributed by atoms with Crippen LogP contribution in [0.15, 0.2) is 48.5 Å². The molecule has 6 heteroatoms. The highest BCUT2D eigenvalue weighted by atomic mass is 16.5. The number of ether oxygens (including phenoxy) is 2. The number of nitrogens with zero attached hydrogens (tertiary/aromatic N) is 1. The number of β-amino-alcohol motifs (C(OH)–C–C–N with tert-alkyl or cyclic N) is 1. The van der Waals surface area contributed by atoms with Crippen LogP contribution in [0.2, 0.25) is 0 Å². The van der Waals surface area contributed by atoms with Gasteiger partial charge in [-0.2, -0.15) is 0 Å². The van der Waals surface area contributed by atoms with Gasteiger partial charge in [0, 0.05) is 6.54 Å². The maximum absolute atomic E-state index is 13.1. The Balaban J connectivity index is 1.82. The van der Waals surface area contributed by atoms with Gasteiger partial charge in [0.15, 0.2) is 11.5 Å². The third kappa shape index (κ3) is 4.07. The smallest absolute Gasteiger partial charge is 0.257 e. The predicted molar refractivity (Wildman–Crippen MR) is 103 cm³/mol. The van der Waals surface area contributed by atoms with E-state index in [-0.39, 0.29) is 12.5 Å². The molecule has 0 spiro atoms. The van der Waals surface area contributed by atoms with Crippen LogP contribution in [0.25, 0.3) is 0 Å².